The van der Waals surface area contributed by atoms with Crippen LogP contribution >= 0.6 is 0 Å². The second-order valence-corrected chi connectivity index (χ2v) is 5.59. The van der Waals surface area contributed by atoms with Crippen molar-refractivity contribution in [1.29, 1.82) is 0 Å². The first-order valence-electron chi connectivity index (χ1n) is 6.66. The molecule has 0 bridgehead atoms. The molecule has 2 amide bonds. The summed E-state index contributed by atoms with van der Waals surface area (Å²) >= 11 is 0. The molecule has 112 valence electrons. The largest absolute Gasteiger partial charge is 0.478 e. The van der Waals surface area contributed by atoms with Crippen molar-refractivity contribution in [3.05, 3.63) is 35.4 Å². The molecule has 1 aliphatic rings. The van der Waals surface area contributed by atoms with E-state index < -0.39 is 17.4 Å². The van der Waals surface area contributed by atoms with E-state index in [1.165, 1.54) is 17.0 Å². The van der Waals surface area contributed by atoms with Crippen LogP contribution in [0.15, 0.2) is 24.3 Å². The quantitative estimate of drug-likeness (QED) is 0.884. The molecule has 0 aliphatic carbocycles. The van der Waals surface area contributed by atoms with Gasteiger partial charge < -0.3 is 14.9 Å². The minimum Gasteiger partial charge on any atom is -0.478 e. The van der Waals surface area contributed by atoms with Crippen LogP contribution in [0, 0.1) is 0 Å². The van der Waals surface area contributed by atoms with Gasteiger partial charge in [-0.15, -0.1) is 0 Å². The Hall–Kier alpha value is -2.37. The predicted molar refractivity (Wildman–Crippen MR) is 76.2 cm³/mol. The molecule has 0 atom stereocenters. The lowest BCUT2D eigenvalue weighted by molar-refractivity contribution is -0.144. The van der Waals surface area contributed by atoms with Crippen molar-refractivity contribution >= 4 is 17.8 Å². The van der Waals surface area contributed by atoms with E-state index in [-0.39, 0.29) is 17.0 Å². The molecule has 21 heavy (non-hydrogen) atoms. The fraction of sp³-hybridized carbons (Fsp3) is 0.400. The normalized spacial score (nSPS) is 17.8. The average molecular weight is 290 g/mol. The number of carboxylic acid groups (broad SMARTS) is 1. The van der Waals surface area contributed by atoms with Crippen LogP contribution in [0.3, 0.4) is 0 Å². The number of rotatable bonds is 2. The summed E-state index contributed by atoms with van der Waals surface area (Å²) in [5, 5.41) is 9.19. The minimum atomic E-state index is -1.16. The first kappa shape index (κ1) is 15.0. The van der Waals surface area contributed by atoms with Gasteiger partial charge in [-0.2, -0.15) is 0 Å². The molecule has 1 N–H and O–H groups in total. The van der Waals surface area contributed by atoms with Crippen molar-refractivity contribution in [2.24, 2.45) is 0 Å². The molecule has 1 aliphatic heterocycles. The first-order chi connectivity index (χ1) is 9.76. The standard InChI is InChI=1S/C15H18N2O4/c1-15(2)14(21)16(3)8-9-17(15)12(18)10-6-4-5-7-11(10)13(19)20/h4-7H,8-9H2,1-3H3,(H,19,20). The zero-order valence-electron chi connectivity index (χ0n) is 12.3. The molecule has 0 unspecified atom stereocenters. The van der Waals surface area contributed by atoms with E-state index in [1.54, 1.807) is 37.9 Å². The molecule has 6 heteroatoms. The van der Waals surface area contributed by atoms with E-state index in [9.17, 15) is 19.5 Å². The summed E-state index contributed by atoms with van der Waals surface area (Å²) in [6.07, 6.45) is 0. The van der Waals surface area contributed by atoms with Crippen LogP contribution in [-0.2, 0) is 4.79 Å². The lowest BCUT2D eigenvalue weighted by Gasteiger charge is -2.44. The van der Waals surface area contributed by atoms with Crippen molar-refractivity contribution in [2.75, 3.05) is 20.1 Å². The Labute approximate surface area is 123 Å². The molecule has 1 fully saturated rings. The average Bonchev–Trinajstić information content (AvgIpc) is 2.44. The zero-order valence-corrected chi connectivity index (χ0v) is 12.3. The van der Waals surface area contributed by atoms with Crippen molar-refractivity contribution in [3.8, 4) is 0 Å². The van der Waals surface area contributed by atoms with Crippen LogP contribution in [0.5, 0.6) is 0 Å². The first-order valence-corrected chi connectivity index (χ1v) is 6.66. The maximum atomic E-state index is 12.7. The van der Waals surface area contributed by atoms with Crippen LogP contribution in [0.2, 0.25) is 0 Å². The number of benzene rings is 1. The number of hydrogen-bond acceptors (Lipinski definition) is 3. The third kappa shape index (κ3) is 2.49. The van der Waals surface area contributed by atoms with Gasteiger partial charge in [0.25, 0.3) is 5.91 Å². The third-order valence-electron chi connectivity index (χ3n) is 3.84. The fourth-order valence-electron chi connectivity index (χ4n) is 2.57. The van der Waals surface area contributed by atoms with E-state index in [2.05, 4.69) is 0 Å². The number of aromatic carboxylic acids is 1. The van der Waals surface area contributed by atoms with Crippen LogP contribution < -0.4 is 0 Å². The van der Waals surface area contributed by atoms with Gasteiger partial charge in [-0.05, 0) is 26.0 Å². The Morgan fingerprint density at radius 3 is 2.29 bits per heavy atom. The van der Waals surface area contributed by atoms with Gasteiger partial charge in [-0.1, -0.05) is 12.1 Å². The van der Waals surface area contributed by atoms with Crippen molar-refractivity contribution < 1.29 is 19.5 Å². The van der Waals surface area contributed by atoms with E-state index in [0.29, 0.717) is 13.1 Å². The number of likely N-dealkylation sites (N-methyl/N-ethyl adjacent to an activating group) is 1. The van der Waals surface area contributed by atoms with Gasteiger partial charge in [0.1, 0.15) is 5.54 Å². The Morgan fingerprint density at radius 1 is 1.14 bits per heavy atom. The van der Waals surface area contributed by atoms with E-state index in [1.807, 2.05) is 0 Å². The van der Waals surface area contributed by atoms with Gasteiger partial charge >= 0.3 is 5.97 Å². The molecule has 6 nitrogen and oxygen atoms in total. The third-order valence-corrected chi connectivity index (χ3v) is 3.84. The van der Waals surface area contributed by atoms with Crippen molar-refractivity contribution in [3.63, 3.8) is 0 Å². The molecule has 0 spiro atoms. The highest BCUT2D eigenvalue weighted by Gasteiger charge is 2.43. The molecule has 0 radical (unpaired) electrons. The van der Waals surface area contributed by atoms with Crippen molar-refractivity contribution in [1.82, 2.24) is 9.80 Å². The minimum absolute atomic E-state index is 0.0512. The zero-order chi connectivity index (χ0) is 15.8. The van der Waals surface area contributed by atoms with Gasteiger partial charge in [-0.25, -0.2) is 4.79 Å². The fourth-order valence-corrected chi connectivity index (χ4v) is 2.57. The number of hydrogen-bond donors (Lipinski definition) is 1. The Balaban J connectivity index is 2.41. The highest BCUT2D eigenvalue weighted by Crippen LogP contribution is 2.25. The second-order valence-electron chi connectivity index (χ2n) is 5.59. The summed E-state index contributed by atoms with van der Waals surface area (Å²) in [5.41, 5.74) is -0.935. The highest BCUT2D eigenvalue weighted by atomic mass is 16.4. The molecule has 1 aromatic rings. The Morgan fingerprint density at radius 2 is 1.71 bits per heavy atom. The monoisotopic (exact) mass is 290 g/mol. The van der Waals surface area contributed by atoms with Crippen LogP contribution in [-0.4, -0.2) is 58.4 Å². The number of carbonyl (C=O) groups is 3. The predicted octanol–water partition coefficient (Wildman–Crippen LogP) is 1.08. The number of carbonyl (C=O) groups excluding carboxylic acids is 2. The lowest BCUT2D eigenvalue weighted by Crippen LogP contribution is -2.63. The molecular formula is C15H18N2O4. The van der Waals surface area contributed by atoms with Gasteiger partial charge in [0.05, 0.1) is 11.1 Å². The lowest BCUT2D eigenvalue weighted by atomic mass is 9.95. The topological polar surface area (TPSA) is 77.9 Å². The van der Waals surface area contributed by atoms with E-state index in [0.717, 1.165) is 0 Å². The SMILES string of the molecule is CN1CCN(C(=O)c2ccccc2C(=O)O)C(C)(C)C1=O. The van der Waals surface area contributed by atoms with Gasteiger partial charge in [0.2, 0.25) is 5.91 Å². The highest BCUT2D eigenvalue weighted by molar-refractivity contribution is 6.06. The van der Waals surface area contributed by atoms with Crippen LogP contribution in [0.4, 0.5) is 0 Å². The second kappa shape index (κ2) is 5.20. The summed E-state index contributed by atoms with van der Waals surface area (Å²) < 4.78 is 0. The van der Waals surface area contributed by atoms with Crippen LogP contribution in [0.25, 0.3) is 0 Å². The summed E-state index contributed by atoms with van der Waals surface area (Å²) in [6.45, 7) is 4.16. The number of nitrogens with zero attached hydrogens (tertiary/aromatic N) is 2. The summed E-state index contributed by atoms with van der Waals surface area (Å²) in [4.78, 5) is 39.2. The van der Waals surface area contributed by atoms with Gasteiger partial charge in [0.15, 0.2) is 0 Å². The molecule has 1 heterocycles. The molecule has 0 saturated carbocycles. The maximum absolute atomic E-state index is 12.7. The summed E-state index contributed by atoms with van der Waals surface area (Å²) in [5.74, 6) is -1.74. The van der Waals surface area contributed by atoms with Gasteiger partial charge in [0, 0.05) is 20.1 Å². The molecule has 1 aromatic carbocycles. The van der Waals surface area contributed by atoms with Crippen molar-refractivity contribution in [2.45, 2.75) is 19.4 Å². The molecule has 1 saturated heterocycles. The summed E-state index contributed by atoms with van der Waals surface area (Å²) in [7, 11) is 1.69. The molecule has 2 rings (SSSR count). The smallest absolute Gasteiger partial charge is 0.336 e. The molecule has 0 aromatic heterocycles. The Kier molecular flexibility index (Phi) is 3.72. The maximum Gasteiger partial charge on any atom is 0.336 e. The van der Waals surface area contributed by atoms with E-state index >= 15 is 0 Å². The number of piperazine rings is 1. The molecular weight excluding hydrogens is 272 g/mol. The van der Waals surface area contributed by atoms with Crippen LogP contribution in [0.1, 0.15) is 34.6 Å². The van der Waals surface area contributed by atoms with E-state index in [4.69, 9.17) is 0 Å². The number of amides is 2. The van der Waals surface area contributed by atoms with Gasteiger partial charge in [-0.3, -0.25) is 9.59 Å². The Bertz CT molecular complexity index is 609. The number of carboxylic acids is 1. The summed E-state index contributed by atoms with van der Waals surface area (Å²) in [6, 6.07) is 6.05.